The Bertz CT molecular complexity index is 493. The van der Waals surface area contributed by atoms with Gasteiger partial charge in [-0.15, -0.1) is 0 Å². The predicted octanol–water partition coefficient (Wildman–Crippen LogP) is 1.66. The number of rotatable bonds is 2. The van der Waals surface area contributed by atoms with E-state index in [4.69, 9.17) is 9.76 Å². The van der Waals surface area contributed by atoms with Gasteiger partial charge in [0.2, 0.25) is 0 Å². The van der Waals surface area contributed by atoms with E-state index >= 15 is 0 Å². The fraction of sp³-hybridized carbons (Fsp3) is 0.333. The topological polar surface area (TPSA) is 86.6 Å². The Balaban J connectivity index is 3.68. The van der Waals surface area contributed by atoms with Gasteiger partial charge < -0.3 is 0 Å². The molecule has 1 aromatic rings. The summed E-state index contributed by atoms with van der Waals surface area (Å²) in [7, 11) is -4.26. The van der Waals surface area contributed by atoms with E-state index < -0.39 is 10.1 Å². The second-order valence-corrected chi connectivity index (χ2v) is 4.78. The molecule has 0 aromatic heterocycles. The highest BCUT2D eigenvalue weighted by atomic mass is 32.2. The van der Waals surface area contributed by atoms with Gasteiger partial charge in [-0.05, 0) is 37.5 Å². The second-order valence-electron chi connectivity index (χ2n) is 3.43. The summed E-state index contributed by atoms with van der Waals surface area (Å²) in [5.74, 6) is 0. The van der Waals surface area contributed by atoms with Crippen molar-refractivity contribution >= 4 is 15.8 Å². The van der Waals surface area contributed by atoms with E-state index in [0.717, 1.165) is 0 Å². The van der Waals surface area contributed by atoms with Crippen molar-refractivity contribution in [2.75, 3.05) is 5.48 Å². The van der Waals surface area contributed by atoms with Gasteiger partial charge >= 0.3 is 0 Å². The van der Waals surface area contributed by atoms with Crippen LogP contribution in [0, 0.1) is 20.8 Å². The Morgan fingerprint density at radius 1 is 1.20 bits per heavy atom. The van der Waals surface area contributed by atoms with Crippen LogP contribution in [-0.4, -0.2) is 18.2 Å². The van der Waals surface area contributed by atoms with Crippen LogP contribution in [0.3, 0.4) is 0 Å². The predicted molar refractivity (Wildman–Crippen MR) is 55.9 cm³/mol. The first-order valence-electron chi connectivity index (χ1n) is 4.27. The monoisotopic (exact) mass is 231 g/mol. The van der Waals surface area contributed by atoms with Gasteiger partial charge in [0.15, 0.2) is 0 Å². The molecule has 0 aliphatic rings. The third-order valence-corrected chi connectivity index (χ3v) is 3.41. The van der Waals surface area contributed by atoms with Gasteiger partial charge in [0.05, 0.1) is 5.69 Å². The summed E-state index contributed by atoms with van der Waals surface area (Å²) >= 11 is 0. The molecule has 6 heteroatoms. The van der Waals surface area contributed by atoms with Crippen LogP contribution < -0.4 is 5.48 Å². The van der Waals surface area contributed by atoms with Crippen molar-refractivity contribution < 1.29 is 18.2 Å². The molecule has 15 heavy (non-hydrogen) atoms. The van der Waals surface area contributed by atoms with E-state index in [0.29, 0.717) is 22.4 Å². The first-order valence-corrected chi connectivity index (χ1v) is 5.71. The molecule has 0 saturated heterocycles. The van der Waals surface area contributed by atoms with Crippen molar-refractivity contribution in [2.24, 2.45) is 0 Å². The molecular formula is C9H13NO4S. The lowest BCUT2D eigenvalue weighted by atomic mass is 10.1. The molecule has 0 spiro atoms. The molecule has 3 N–H and O–H groups in total. The molecule has 0 atom stereocenters. The zero-order valence-corrected chi connectivity index (χ0v) is 9.51. The quantitative estimate of drug-likeness (QED) is 0.532. The van der Waals surface area contributed by atoms with E-state index in [1.165, 1.54) is 6.92 Å². The number of benzene rings is 1. The van der Waals surface area contributed by atoms with Crippen molar-refractivity contribution in [3.8, 4) is 0 Å². The summed E-state index contributed by atoms with van der Waals surface area (Å²) in [4.78, 5) is -0.162. The zero-order chi connectivity index (χ0) is 11.8. The molecule has 0 fully saturated rings. The summed E-state index contributed by atoms with van der Waals surface area (Å²) in [5, 5.41) is 8.85. The van der Waals surface area contributed by atoms with Gasteiger partial charge in [-0.2, -0.15) is 8.42 Å². The fourth-order valence-electron chi connectivity index (χ4n) is 1.74. The van der Waals surface area contributed by atoms with E-state index in [1.54, 1.807) is 19.9 Å². The number of nitrogens with one attached hydrogen (secondary N) is 1. The Hall–Kier alpha value is -1.11. The zero-order valence-electron chi connectivity index (χ0n) is 8.70. The molecule has 0 amide bonds. The van der Waals surface area contributed by atoms with E-state index in [1.807, 2.05) is 5.48 Å². The van der Waals surface area contributed by atoms with Gasteiger partial charge in [0.1, 0.15) is 4.90 Å². The molecule has 0 unspecified atom stereocenters. The van der Waals surface area contributed by atoms with Crippen LogP contribution in [0.2, 0.25) is 0 Å². The number of hydrogen-bond donors (Lipinski definition) is 3. The first kappa shape index (κ1) is 12.0. The van der Waals surface area contributed by atoms with E-state index in [2.05, 4.69) is 0 Å². The van der Waals surface area contributed by atoms with E-state index in [-0.39, 0.29) is 4.90 Å². The van der Waals surface area contributed by atoms with Crippen molar-refractivity contribution in [3.63, 3.8) is 0 Å². The van der Waals surface area contributed by atoms with Gasteiger partial charge in [-0.3, -0.25) is 15.2 Å². The van der Waals surface area contributed by atoms with E-state index in [9.17, 15) is 8.42 Å². The molecular weight excluding hydrogens is 218 g/mol. The lowest BCUT2D eigenvalue weighted by molar-refractivity contribution is 0.387. The van der Waals surface area contributed by atoms with Crippen LogP contribution in [0.4, 0.5) is 5.69 Å². The fourth-order valence-corrected chi connectivity index (χ4v) is 2.69. The minimum atomic E-state index is -4.26. The summed E-state index contributed by atoms with van der Waals surface area (Å²) in [6.07, 6.45) is 0. The van der Waals surface area contributed by atoms with Crippen LogP contribution >= 0.6 is 0 Å². The van der Waals surface area contributed by atoms with Crippen LogP contribution in [0.5, 0.6) is 0 Å². The number of hydrogen-bond acceptors (Lipinski definition) is 4. The molecule has 0 bridgehead atoms. The normalized spacial score (nSPS) is 11.5. The smallest absolute Gasteiger partial charge is 0.291 e. The molecule has 0 saturated carbocycles. The minimum absolute atomic E-state index is 0.162. The molecule has 0 radical (unpaired) electrons. The Labute approximate surface area is 88.5 Å². The minimum Gasteiger partial charge on any atom is -0.291 e. The van der Waals surface area contributed by atoms with Crippen LogP contribution in [-0.2, 0) is 10.1 Å². The van der Waals surface area contributed by atoms with Crippen LogP contribution in [0.15, 0.2) is 11.0 Å². The van der Waals surface area contributed by atoms with Crippen molar-refractivity contribution in [1.29, 1.82) is 0 Å². The molecule has 1 aromatic carbocycles. The third-order valence-electron chi connectivity index (χ3n) is 2.27. The molecule has 0 heterocycles. The first-order chi connectivity index (χ1) is 6.79. The largest absolute Gasteiger partial charge is 0.295 e. The third kappa shape index (κ3) is 2.11. The second kappa shape index (κ2) is 3.80. The van der Waals surface area contributed by atoms with Gasteiger partial charge in [0, 0.05) is 0 Å². The number of anilines is 1. The SMILES string of the molecule is Cc1cc(C)c(S(=O)(=O)O)c(C)c1NO. The average molecular weight is 231 g/mol. The molecule has 0 aliphatic heterocycles. The lowest BCUT2D eigenvalue weighted by Gasteiger charge is -2.13. The Morgan fingerprint density at radius 3 is 2.13 bits per heavy atom. The van der Waals surface area contributed by atoms with Crippen molar-refractivity contribution in [2.45, 2.75) is 25.7 Å². The summed E-state index contributed by atoms with van der Waals surface area (Å²) in [5.41, 5.74) is 3.69. The van der Waals surface area contributed by atoms with Gasteiger partial charge in [0.25, 0.3) is 10.1 Å². The average Bonchev–Trinajstić information content (AvgIpc) is 2.00. The van der Waals surface area contributed by atoms with Gasteiger partial charge in [-0.1, -0.05) is 6.07 Å². The summed E-state index contributed by atoms with van der Waals surface area (Å²) in [6.45, 7) is 4.83. The highest BCUT2D eigenvalue weighted by Gasteiger charge is 2.20. The highest BCUT2D eigenvalue weighted by Crippen LogP contribution is 2.29. The standard InChI is InChI=1S/C9H13NO4S/c1-5-4-6(2)9(15(12,13)14)7(3)8(5)10-11/h4,10-11H,1-3H3,(H,12,13,14). The highest BCUT2D eigenvalue weighted by molar-refractivity contribution is 7.86. The summed E-state index contributed by atoms with van der Waals surface area (Å²) in [6, 6.07) is 1.58. The molecule has 5 nitrogen and oxygen atoms in total. The van der Waals surface area contributed by atoms with Crippen molar-refractivity contribution in [3.05, 3.63) is 22.8 Å². The summed E-state index contributed by atoms with van der Waals surface area (Å²) < 4.78 is 31.2. The molecule has 1 rings (SSSR count). The van der Waals surface area contributed by atoms with Gasteiger partial charge in [-0.25, -0.2) is 0 Å². The maximum Gasteiger partial charge on any atom is 0.295 e. The van der Waals surface area contributed by atoms with Crippen LogP contribution in [0.1, 0.15) is 16.7 Å². The van der Waals surface area contributed by atoms with Crippen LogP contribution in [0.25, 0.3) is 0 Å². The maximum absolute atomic E-state index is 11.1. The maximum atomic E-state index is 11.1. The molecule has 84 valence electrons. The lowest BCUT2D eigenvalue weighted by Crippen LogP contribution is -2.07. The molecule has 0 aliphatic carbocycles. The Morgan fingerprint density at radius 2 is 1.73 bits per heavy atom. The van der Waals surface area contributed by atoms with Crippen molar-refractivity contribution in [1.82, 2.24) is 0 Å². The number of aryl methyl sites for hydroxylation is 2. The Kier molecular flexibility index (Phi) is 3.03.